The fraction of sp³-hybridized carbons (Fsp3) is 0.333. The molecule has 0 spiro atoms. The van der Waals surface area contributed by atoms with Crippen LogP contribution in [0, 0.1) is 0 Å². The standard InChI is InChI=1S/C15H18N2O3/c1-4-14(11-6-5-7-12(10-11)19-3)20-15(18)13-8-9-16-17(13)2/h5-10,14H,4H2,1-3H3. The number of benzene rings is 1. The Morgan fingerprint density at radius 2 is 2.20 bits per heavy atom. The molecule has 2 aromatic rings. The van der Waals surface area contributed by atoms with Gasteiger partial charge in [-0.05, 0) is 30.2 Å². The lowest BCUT2D eigenvalue weighted by Crippen LogP contribution is -2.14. The Bertz CT molecular complexity index is 592. The molecule has 0 bridgehead atoms. The van der Waals surface area contributed by atoms with Gasteiger partial charge >= 0.3 is 5.97 Å². The van der Waals surface area contributed by atoms with Gasteiger partial charge in [-0.25, -0.2) is 4.79 Å². The Balaban J connectivity index is 2.16. The van der Waals surface area contributed by atoms with Gasteiger partial charge in [0.1, 0.15) is 17.5 Å². The van der Waals surface area contributed by atoms with Gasteiger partial charge in [-0.2, -0.15) is 5.10 Å². The van der Waals surface area contributed by atoms with E-state index < -0.39 is 0 Å². The zero-order chi connectivity index (χ0) is 14.5. The monoisotopic (exact) mass is 274 g/mol. The molecule has 1 atom stereocenters. The van der Waals surface area contributed by atoms with Crippen LogP contribution in [-0.2, 0) is 11.8 Å². The van der Waals surface area contributed by atoms with E-state index in [2.05, 4.69) is 5.10 Å². The molecule has 1 unspecified atom stereocenters. The average molecular weight is 274 g/mol. The summed E-state index contributed by atoms with van der Waals surface area (Å²) < 4.78 is 12.2. The Morgan fingerprint density at radius 1 is 1.40 bits per heavy atom. The van der Waals surface area contributed by atoms with Crippen LogP contribution >= 0.6 is 0 Å². The van der Waals surface area contributed by atoms with Gasteiger partial charge in [0, 0.05) is 13.2 Å². The van der Waals surface area contributed by atoms with Crippen molar-refractivity contribution < 1.29 is 14.3 Å². The summed E-state index contributed by atoms with van der Waals surface area (Å²) in [5.41, 5.74) is 1.36. The zero-order valence-electron chi connectivity index (χ0n) is 11.9. The summed E-state index contributed by atoms with van der Waals surface area (Å²) in [6.07, 6.45) is 1.97. The summed E-state index contributed by atoms with van der Waals surface area (Å²) in [5.74, 6) is 0.372. The smallest absolute Gasteiger partial charge is 0.357 e. The highest BCUT2D eigenvalue weighted by molar-refractivity contribution is 5.87. The van der Waals surface area contributed by atoms with Gasteiger partial charge in [-0.1, -0.05) is 19.1 Å². The number of hydrogen-bond acceptors (Lipinski definition) is 4. The Morgan fingerprint density at radius 3 is 2.80 bits per heavy atom. The molecular formula is C15H18N2O3. The number of rotatable bonds is 5. The highest BCUT2D eigenvalue weighted by atomic mass is 16.5. The van der Waals surface area contributed by atoms with E-state index in [0.29, 0.717) is 12.1 Å². The van der Waals surface area contributed by atoms with Crippen molar-refractivity contribution in [3.8, 4) is 5.75 Å². The molecule has 1 heterocycles. The minimum Gasteiger partial charge on any atom is -0.497 e. The largest absolute Gasteiger partial charge is 0.497 e. The number of aryl methyl sites for hydroxylation is 1. The predicted molar refractivity (Wildman–Crippen MR) is 74.6 cm³/mol. The van der Waals surface area contributed by atoms with Crippen molar-refractivity contribution in [3.05, 3.63) is 47.8 Å². The second-order valence-corrected chi connectivity index (χ2v) is 4.42. The van der Waals surface area contributed by atoms with Crippen LogP contribution in [0.1, 0.15) is 35.5 Å². The second-order valence-electron chi connectivity index (χ2n) is 4.42. The summed E-state index contributed by atoms with van der Waals surface area (Å²) in [6.45, 7) is 1.97. The number of esters is 1. The highest BCUT2D eigenvalue weighted by Crippen LogP contribution is 2.25. The van der Waals surface area contributed by atoms with Crippen LogP contribution < -0.4 is 4.74 Å². The third-order valence-corrected chi connectivity index (χ3v) is 3.12. The molecule has 0 aliphatic heterocycles. The molecule has 5 heteroatoms. The number of nitrogens with zero attached hydrogens (tertiary/aromatic N) is 2. The third-order valence-electron chi connectivity index (χ3n) is 3.12. The molecular weight excluding hydrogens is 256 g/mol. The van der Waals surface area contributed by atoms with Gasteiger partial charge in [0.05, 0.1) is 7.11 Å². The molecule has 1 aromatic heterocycles. The van der Waals surface area contributed by atoms with Crippen molar-refractivity contribution in [2.45, 2.75) is 19.4 Å². The molecule has 0 N–H and O–H groups in total. The van der Waals surface area contributed by atoms with Gasteiger partial charge in [0.2, 0.25) is 0 Å². The summed E-state index contributed by atoms with van der Waals surface area (Å²) in [7, 11) is 3.32. The predicted octanol–water partition coefficient (Wildman–Crippen LogP) is 2.74. The van der Waals surface area contributed by atoms with E-state index in [0.717, 1.165) is 11.3 Å². The van der Waals surface area contributed by atoms with Crippen LogP contribution in [0.5, 0.6) is 5.75 Å². The van der Waals surface area contributed by atoms with Crippen molar-refractivity contribution in [1.82, 2.24) is 9.78 Å². The average Bonchev–Trinajstić information content (AvgIpc) is 2.90. The summed E-state index contributed by atoms with van der Waals surface area (Å²) in [4.78, 5) is 12.1. The molecule has 0 radical (unpaired) electrons. The fourth-order valence-corrected chi connectivity index (χ4v) is 1.99. The summed E-state index contributed by atoms with van der Waals surface area (Å²) in [6, 6.07) is 9.19. The topological polar surface area (TPSA) is 53.3 Å². The molecule has 106 valence electrons. The maximum absolute atomic E-state index is 12.1. The molecule has 2 rings (SSSR count). The SMILES string of the molecule is CCC(OC(=O)c1ccnn1C)c1cccc(OC)c1. The lowest BCUT2D eigenvalue weighted by molar-refractivity contribution is 0.0274. The molecule has 5 nitrogen and oxygen atoms in total. The number of hydrogen-bond donors (Lipinski definition) is 0. The minimum atomic E-state index is -0.375. The molecule has 0 amide bonds. The van der Waals surface area contributed by atoms with E-state index in [4.69, 9.17) is 9.47 Å². The lowest BCUT2D eigenvalue weighted by atomic mass is 10.1. The van der Waals surface area contributed by atoms with Gasteiger partial charge in [0.15, 0.2) is 0 Å². The highest BCUT2D eigenvalue weighted by Gasteiger charge is 2.18. The normalized spacial score (nSPS) is 11.9. The quantitative estimate of drug-likeness (QED) is 0.787. The lowest BCUT2D eigenvalue weighted by Gasteiger charge is -2.17. The van der Waals surface area contributed by atoms with Gasteiger partial charge < -0.3 is 9.47 Å². The summed E-state index contributed by atoms with van der Waals surface area (Å²) in [5, 5.41) is 3.97. The van der Waals surface area contributed by atoms with E-state index >= 15 is 0 Å². The number of carbonyl (C=O) groups is 1. The fourth-order valence-electron chi connectivity index (χ4n) is 1.99. The molecule has 0 saturated carbocycles. The minimum absolute atomic E-state index is 0.299. The Hall–Kier alpha value is -2.30. The number of carbonyl (C=O) groups excluding carboxylic acids is 1. The maximum atomic E-state index is 12.1. The van der Waals surface area contributed by atoms with Crippen molar-refractivity contribution in [2.75, 3.05) is 7.11 Å². The second kappa shape index (κ2) is 6.23. The van der Waals surface area contributed by atoms with Crippen molar-refractivity contribution >= 4 is 5.97 Å². The maximum Gasteiger partial charge on any atom is 0.357 e. The van der Waals surface area contributed by atoms with Gasteiger partial charge in [-0.3, -0.25) is 4.68 Å². The molecule has 0 aliphatic rings. The van der Waals surface area contributed by atoms with E-state index in [9.17, 15) is 4.79 Å². The van der Waals surface area contributed by atoms with Crippen LogP contribution in [0.3, 0.4) is 0 Å². The summed E-state index contributed by atoms with van der Waals surface area (Å²) >= 11 is 0. The number of ether oxygens (including phenoxy) is 2. The van der Waals surface area contributed by atoms with E-state index in [1.807, 2.05) is 31.2 Å². The van der Waals surface area contributed by atoms with Crippen LogP contribution in [-0.4, -0.2) is 22.9 Å². The van der Waals surface area contributed by atoms with Gasteiger partial charge in [0.25, 0.3) is 0 Å². The van der Waals surface area contributed by atoms with Crippen LogP contribution in [0.15, 0.2) is 36.5 Å². The van der Waals surface area contributed by atoms with E-state index in [1.165, 1.54) is 4.68 Å². The van der Waals surface area contributed by atoms with E-state index in [-0.39, 0.29) is 12.1 Å². The zero-order valence-corrected chi connectivity index (χ0v) is 11.9. The number of methoxy groups -OCH3 is 1. The molecule has 0 saturated heterocycles. The van der Waals surface area contributed by atoms with Crippen LogP contribution in [0.2, 0.25) is 0 Å². The third kappa shape index (κ3) is 2.99. The van der Waals surface area contributed by atoms with Crippen molar-refractivity contribution in [3.63, 3.8) is 0 Å². The van der Waals surface area contributed by atoms with Crippen LogP contribution in [0.25, 0.3) is 0 Å². The van der Waals surface area contributed by atoms with Crippen molar-refractivity contribution in [2.24, 2.45) is 7.05 Å². The first kappa shape index (κ1) is 14.1. The Kier molecular flexibility index (Phi) is 4.40. The van der Waals surface area contributed by atoms with Gasteiger partial charge in [-0.15, -0.1) is 0 Å². The van der Waals surface area contributed by atoms with Crippen LogP contribution in [0.4, 0.5) is 0 Å². The Labute approximate surface area is 118 Å². The van der Waals surface area contributed by atoms with E-state index in [1.54, 1.807) is 26.4 Å². The van der Waals surface area contributed by atoms with Crippen molar-refractivity contribution in [1.29, 1.82) is 0 Å². The first-order chi connectivity index (χ1) is 9.65. The molecule has 1 aromatic carbocycles. The first-order valence-corrected chi connectivity index (χ1v) is 6.48. The molecule has 0 fully saturated rings. The molecule has 0 aliphatic carbocycles. The first-order valence-electron chi connectivity index (χ1n) is 6.48. The molecule has 20 heavy (non-hydrogen) atoms. The number of aromatic nitrogens is 2.